The summed E-state index contributed by atoms with van der Waals surface area (Å²) in [4.78, 5) is 6.69. The van der Waals surface area contributed by atoms with Crippen molar-refractivity contribution in [2.24, 2.45) is 5.92 Å². The molecule has 1 atom stereocenters. The van der Waals surface area contributed by atoms with E-state index in [1.54, 1.807) is 11.3 Å². The second-order valence-corrected chi connectivity index (χ2v) is 5.91. The van der Waals surface area contributed by atoms with E-state index in [1.165, 1.54) is 4.70 Å². The first-order chi connectivity index (χ1) is 9.72. The van der Waals surface area contributed by atoms with E-state index < -0.39 is 0 Å². The van der Waals surface area contributed by atoms with Gasteiger partial charge in [-0.3, -0.25) is 4.90 Å². The molecule has 2 aromatic rings. The number of hydrogen-bond donors (Lipinski definition) is 0. The van der Waals surface area contributed by atoms with Crippen LogP contribution in [0.25, 0.3) is 10.2 Å². The summed E-state index contributed by atoms with van der Waals surface area (Å²) >= 11 is 1.69. The van der Waals surface area contributed by atoms with Crippen LogP contribution < -0.4 is 0 Å². The quantitative estimate of drug-likeness (QED) is 0.817. The zero-order valence-electron chi connectivity index (χ0n) is 11.4. The zero-order valence-corrected chi connectivity index (χ0v) is 12.2. The fourth-order valence-corrected chi connectivity index (χ4v) is 3.14. The van der Waals surface area contributed by atoms with E-state index in [9.17, 15) is 0 Å². The first-order valence-corrected chi connectivity index (χ1v) is 7.34. The summed E-state index contributed by atoms with van der Waals surface area (Å²) in [6, 6.07) is 12.5. The van der Waals surface area contributed by atoms with E-state index in [-0.39, 0.29) is 5.92 Å². The van der Waals surface area contributed by atoms with Crippen molar-refractivity contribution in [1.82, 2.24) is 9.88 Å². The molecule has 1 aromatic heterocycles. The zero-order chi connectivity index (χ0) is 14.4. The Kier molecular flexibility index (Phi) is 5.06. The standard InChI is InChI=1S/C15H16N4S/c1-19(10-12(9-17)5-4-8-16)11-15-18-13-6-2-3-7-14(13)20-15/h2-3,6-7,12H,4-5,10-11H2,1H3. The summed E-state index contributed by atoms with van der Waals surface area (Å²) in [5, 5.41) is 18.7. The normalized spacial score (nSPS) is 12.2. The van der Waals surface area contributed by atoms with Gasteiger partial charge in [0.2, 0.25) is 0 Å². The highest BCUT2D eigenvalue weighted by Crippen LogP contribution is 2.22. The highest BCUT2D eigenvalue weighted by molar-refractivity contribution is 7.18. The fourth-order valence-electron chi connectivity index (χ4n) is 2.09. The highest BCUT2D eigenvalue weighted by atomic mass is 32.1. The number of hydrogen-bond acceptors (Lipinski definition) is 5. The number of nitriles is 2. The molecule has 0 saturated heterocycles. The number of benzene rings is 1. The Bertz CT molecular complexity index is 617. The molecule has 1 aromatic carbocycles. The fraction of sp³-hybridized carbons (Fsp3) is 0.400. The van der Waals surface area contributed by atoms with Crippen molar-refractivity contribution >= 4 is 21.6 Å². The first kappa shape index (κ1) is 14.5. The molecular formula is C15H16N4S. The van der Waals surface area contributed by atoms with E-state index in [0.29, 0.717) is 19.4 Å². The molecule has 0 fully saturated rings. The van der Waals surface area contributed by atoms with Gasteiger partial charge in [0.05, 0.1) is 34.8 Å². The van der Waals surface area contributed by atoms with Gasteiger partial charge in [0.1, 0.15) is 5.01 Å². The second kappa shape index (κ2) is 7.00. The number of rotatable bonds is 6. The molecule has 0 bridgehead atoms. The number of nitrogens with zero attached hydrogens (tertiary/aromatic N) is 4. The highest BCUT2D eigenvalue weighted by Gasteiger charge is 2.12. The summed E-state index contributed by atoms with van der Waals surface area (Å²) in [5.41, 5.74) is 1.03. The molecule has 0 N–H and O–H groups in total. The third kappa shape index (κ3) is 3.77. The Morgan fingerprint density at radius 1 is 1.35 bits per heavy atom. The molecule has 0 saturated carbocycles. The van der Waals surface area contributed by atoms with Crippen LogP contribution in [-0.2, 0) is 6.54 Å². The van der Waals surface area contributed by atoms with Gasteiger partial charge >= 0.3 is 0 Å². The van der Waals surface area contributed by atoms with Crippen molar-refractivity contribution in [3.63, 3.8) is 0 Å². The van der Waals surface area contributed by atoms with Crippen LogP contribution in [0.4, 0.5) is 0 Å². The predicted octanol–water partition coefficient (Wildman–Crippen LogP) is 3.17. The second-order valence-electron chi connectivity index (χ2n) is 4.79. The van der Waals surface area contributed by atoms with Crippen LogP contribution >= 0.6 is 11.3 Å². The van der Waals surface area contributed by atoms with Gasteiger partial charge in [-0.1, -0.05) is 12.1 Å². The number of aromatic nitrogens is 1. The maximum Gasteiger partial charge on any atom is 0.108 e. The van der Waals surface area contributed by atoms with Gasteiger partial charge < -0.3 is 0 Å². The lowest BCUT2D eigenvalue weighted by atomic mass is 10.1. The lowest BCUT2D eigenvalue weighted by molar-refractivity contribution is 0.290. The maximum atomic E-state index is 9.08. The number of para-hydroxylation sites is 1. The van der Waals surface area contributed by atoms with Crippen LogP contribution in [0.3, 0.4) is 0 Å². The average molecular weight is 284 g/mol. The van der Waals surface area contributed by atoms with Gasteiger partial charge in [-0.15, -0.1) is 11.3 Å². The predicted molar refractivity (Wildman–Crippen MR) is 79.9 cm³/mol. The summed E-state index contributed by atoms with van der Waals surface area (Å²) in [6.07, 6.45) is 1.07. The monoisotopic (exact) mass is 284 g/mol. The van der Waals surface area contributed by atoms with Crippen LogP contribution in [-0.4, -0.2) is 23.5 Å². The van der Waals surface area contributed by atoms with E-state index in [0.717, 1.165) is 17.1 Å². The van der Waals surface area contributed by atoms with Crippen LogP contribution in [0.1, 0.15) is 17.8 Å². The minimum atomic E-state index is -0.0889. The lowest BCUT2D eigenvalue weighted by Crippen LogP contribution is -2.24. The van der Waals surface area contributed by atoms with Gasteiger partial charge in [0, 0.05) is 13.0 Å². The van der Waals surface area contributed by atoms with Crippen molar-refractivity contribution in [2.45, 2.75) is 19.4 Å². The SMILES string of the molecule is CN(Cc1nc2ccccc2s1)CC(C#N)CCC#N. The van der Waals surface area contributed by atoms with E-state index in [1.807, 2.05) is 25.2 Å². The van der Waals surface area contributed by atoms with E-state index in [4.69, 9.17) is 10.5 Å². The van der Waals surface area contributed by atoms with Gasteiger partial charge in [-0.2, -0.15) is 10.5 Å². The molecule has 0 aliphatic heterocycles. The van der Waals surface area contributed by atoms with E-state index >= 15 is 0 Å². The van der Waals surface area contributed by atoms with Gasteiger partial charge in [-0.25, -0.2) is 4.98 Å². The largest absolute Gasteiger partial charge is 0.298 e. The summed E-state index contributed by atoms with van der Waals surface area (Å²) in [7, 11) is 1.99. The maximum absolute atomic E-state index is 9.08. The Labute approximate surface area is 122 Å². The first-order valence-electron chi connectivity index (χ1n) is 6.52. The van der Waals surface area contributed by atoms with Crippen molar-refractivity contribution in [3.05, 3.63) is 29.3 Å². The Morgan fingerprint density at radius 3 is 2.85 bits per heavy atom. The summed E-state index contributed by atoms with van der Waals surface area (Å²) in [6.45, 7) is 1.41. The Morgan fingerprint density at radius 2 is 2.15 bits per heavy atom. The van der Waals surface area contributed by atoms with Crippen molar-refractivity contribution in [3.8, 4) is 12.1 Å². The molecule has 20 heavy (non-hydrogen) atoms. The number of thiazole rings is 1. The molecule has 0 spiro atoms. The summed E-state index contributed by atoms with van der Waals surface area (Å²) in [5.74, 6) is -0.0889. The van der Waals surface area contributed by atoms with Gasteiger partial charge in [0.25, 0.3) is 0 Å². The minimum absolute atomic E-state index is 0.0889. The topological polar surface area (TPSA) is 63.7 Å². The van der Waals surface area contributed by atoms with Crippen LogP contribution in [0, 0.1) is 28.6 Å². The van der Waals surface area contributed by atoms with Crippen LogP contribution in [0.2, 0.25) is 0 Å². The Balaban J connectivity index is 1.95. The van der Waals surface area contributed by atoms with Crippen LogP contribution in [0.5, 0.6) is 0 Å². The summed E-state index contributed by atoms with van der Waals surface area (Å²) < 4.78 is 1.19. The molecule has 0 radical (unpaired) electrons. The molecule has 4 nitrogen and oxygen atoms in total. The van der Waals surface area contributed by atoms with E-state index in [2.05, 4.69) is 28.1 Å². The van der Waals surface area contributed by atoms with Crippen molar-refractivity contribution in [1.29, 1.82) is 10.5 Å². The third-order valence-electron chi connectivity index (χ3n) is 3.06. The molecule has 0 amide bonds. The molecular weight excluding hydrogens is 268 g/mol. The van der Waals surface area contributed by atoms with Crippen LogP contribution in [0.15, 0.2) is 24.3 Å². The molecule has 0 aliphatic rings. The molecule has 1 unspecified atom stereocenters. The van der Waals surface area contributed by atoms with Gasteiger partial charge in [0.15, 0.2) is 0 Å². The molecule has 5 heteroatoms. The molecule has 2 rings (SSSR count). The Hall–Kier alpha value is -1.95. The van der Waals surface area contributed by atoms with Crippen molar-refractivity contribution < 1.29 is 0 Å². The average Bonchev–Trinajstić information content (AvgIpc) is 2.85. The smallest absolute Gasteiger partial charge is 0.108 e. The minimum Gasteiger partial charge on any atom is -0.298 e. The van der Waals surface area contributed by atoms with Gasteiger partial charge in [-0.05, 0) is 25.6 Å². The van der Waals surface area contributed by atoms with Crippen molar-refractivity contribution in [2.75, 3.05) is 13.6 Å². The molecule has 0 aliphatic carbocycles. The third-order valence-corrected chi connectivity index (χ3v) is 4.08. The lowest BCUT2D eigenvalue weighted by Gasteiger charge is -2.17. The molecule has 102 valence electrons. The number of fused-ring (bicyclic) bond motifs is 1. The molecule has 1 heterocycles.